The first-order valence-electron chi connectivity index (χ1n) is 6.42. The molecule has 1 N–H and O–H groups in total. The van der Waals surface area contributed by atoms with Crippen LogP contribution in [0.15, 0.2) is 29.2 Å². The predicted octanol–water partition coefficient (Wildman–Crippen LogP) is 3.17. The molecule has 0 amide bonds. The topological polar surface area (TPSA) is 59.1 Å². The van der Waals surface area contributed by atoms with Crippen LogP contribution in [0.2, 0.25) is 0 Å². The average Bonchev–Trinajstić information content (AvgIpc) is 2.75. The van der Waals surface area contributed by atoms with E-state index >= 15 is 0 Å². The van der Waals surface area contributed by atoms with Gasteiger partial charge in [0.2, 0.25) is 0 Å². The molecule has 0 radical (unpaired) electrons. The van der Waals surface area contributed by atoms with Crippen LogP contribution in [0.3, 0.4) is 0 Å². The second-order valence-electron chi connectivity index (χ2n) is 4.52. The summed E-state index contributed by atoms with van der Waals surface area (Å²) in [6.07, 6.45) is 0. The van der Waals surface area contributed by atoms with Crippen LogP contribution in [0.5, 0.6) is 0 Å². The van der Waals surface area contributed by atoms with Gasteiger partial charge in [0.1, 0.15) is 0 Å². The molecule has 0 fully saturated rings. The van der Waals surface area contributed by atoms with E-state index in [0.29, 0.717) is 11.4 Å². The minimum absolute atomic E-state index is 0.124. The molecule has 4 nitrogen and oxygen atoms in total. The fraction of sp³-hybridized carbons (Fsp3) is 0.357. The minimum atomic E-state index is -3.12. The Kier molecular flexibility index (Phi) is 4.45. The first-order valence-corrected chi connectivity index (χ1v) is 8.89. The Labute approximate surface area is 123 Å². The molecule has 2 rings (SSSR count). The first-order chi connectivity index (χ1) is 9.42. The molecule has 1 heterocycles. The number of thiazole rings is 1. The van der Waals surface area contributed by atoms with Gasteiger partial charge >= 0.3 is 0 Å². The summed E-state index contributed by atoms with van der Waals surface area (Å²) in [5.41, 5.74) is 1.95. The van der Waals surface area contributed by atoms with Crippen molar-refractivity contribution in [2.24, 2.45) is 0 Å². The van der Waals surface area contributed by atoms with Crippen LogP contribution in [-0.2, 0) is 16.4 Å². The summed E-state index contributed by atoms with van der Waals surface area (Å²) < 4.78 is 23.4. The molecule has 0 saturated carbocycles. The van der Waals surface area contributed by atoms with Gasteiger partial charge in [-0.25, -0.2) is 13.4 Å². The van der Waals surface area contributed by atoms with E-state index in [9.17, 15) is 8.42 Å². The molecule has 0 saturated heterocycles. The third-order valence-electron chi connectivity index (χ3n) is 3.05. The molecule has 1 aromatic carbocycles. The molecule has 108 valence electrons. The highest BCUT2D eigenvalue weighted by Gasteiger charge is 2.10. The van der Waals surface area contributed by atoms with E-state index in [1.165, 1.54) is 4.88 Å². The maximum absolute atomic E-state index is 11.7. The summed E-state index contributed by atoms with van der Waals surface area (Å²) in [5, 5.41) is 4.35. The number of anilines is 1. The zero-order valence-corrected chi connectivity index (χ0v) is 13.4. The number of hydrogen-bond donors (Lipinski definition) is 1. The lowest BCUT2D eigenvalue weighted by molar-refractivity contribution is 0.597. The smallest absolute Gasteiger partial charge is 0.178 e. The van der Waals surface area contributed by atoms with Crippen molar-refractivity contribution < 1.29 is 8.42 Å². The third-order valence-corrected chi connectivity index (χ3v) is 5.87. The van der Waals surface area contributed by atoms with Gasteiger partial charge < -0.3 is 5.32 Å². The highest BCUT2D eigenvalue weighted by atomic mass is 32.2. The lowest BCUT2D eigenvalue weighted by Crippen LogP contribution is -2.04. The van der Waals surface area contributed by atoms with E-state index in [2.05, 4.69) is 10.3 Å². The van der Waals surface area contributed by atoms with Crippen LogP contribution in [0.1, 0.15) is 22.5 Å². The predicted molar refractivity (Wildman–Crippen MR) is 83.1 cm³/mol. The largest absolute Gasteiger partial charge is 0.380 e. The Morgan fingerprint density at radius 1 is 1.20 bits per heavy atom. The van der Waals surface area contributed by atoms with Crippen LogP contribution < -0.4 is 5.32 Å². The van der Waals surface area contributed by atoms with Gasteiger partial charge in [-0.15, -0.1) is 11.3 Å². The van der Waals surface area contributed by atoms with Gasteiger partial charge in [0.25, 0.3) is 0 Å². The van der Waals surface area contributed by atoms with Crippen molar-refractivity contribution in [3.05, 3.63) is 39.8 Å². The van der Waals surface area contributed by atoms with Gasteiger partial charge in [0.15, 0.2) is 9.84 Å². The fourth-order valence-corrected chi connectivity index (χ4v) is 3.63. The lowest BCUT2D eigenvalue weighted by Gasteiger charge is -2.07. The molecule has 1 aromatic heterocycles. The van der Waals surface area contributed by atoms with E-state index in [-0.39, 0.29) is 5.75 Å². The summed E-state index contributed by atoms with van der Waals surface area (Å²) in [5.74, 6) is 0.124. The van der Waals surface area contributed by atoms with Crippen molar-refractivity contribution in [1.29, 1.82) is 0 Å². The fourth-order valence-electron chi connectivity index (χ4n) is 1.87. The summed E-state index contributed by atoms with van der Waals surface area (Å²) in [6.45, 7) is 6.34. The minimum Gasteiger partial charge on any atom is -0.380 e. The lowest BCUT2D eigenvalue weighted by atomic mass is 10.3. The van der Waals surface area contributed by atoms with Crippen molar-refractivity contribution in [3.63, 3.8) is 0 Å². The molecular formula is C14H18N2O2S2. The van der Waals surface area contributed by atoms with Gasteiger partial charge in [-0.2, -0.15) is 0 Å². The van der Waals surface area contributed by atoms with Crippen molar-refractivity contribution in [1.82, 2.24) is 4.98 Å². The van der Waals surface area contributed by atoms with Gasteiger partial charge in [-0.05, 0) is 38.1 Å². The number of rotatable bonds is 5. The number of benzene rings is 1. The highest BCUT2D eigenvalue weighted by Crippen LogP contribution is 2.20. The Balaban J connectivity index is 2.06. The zero-order chi connectivity index (χ0) is 14.8. The molecule has 0 atom stereocenters. The number of aryl methyl sites for hydroxylation is 2. The van der Waals surface area contributed by atoms with E-state index < -0.39 is 9.84 Å². The molecular weight excluding hydrogens is 292 g/mol. The van der Waals surface area contributed by atoms with Gasteiger partial charge in [-0.3, -0.25) is 0 Å². The van der Waals surface area contributed by atoms with Crippen molar-refractivity contribution in [3.8, 4) is 0 Å². The number of nitrogens with one attached hydrogen (secondary N) is 1. The Morgan fingerprint density at radius 2 is 1.85 bits per heavy atom. The molecule has 0 aliphatic rings. The first kappa shape index (κ1) is 15.0. The van der Waals surface area contributed by atoms with Crippen molar-refractivity contribution in [2.45, 2.75) is 32.2 Å². The number of sulfone groups is 1. The third kappa shape index (κ3) is 3.37. The SMILES string of the molecule is CCS(=O)(=O)c1ccc(NCc2sc(C)nc2C)cc1. The van der Waals surface area contributed by atoms with Crippen molar-refractivity contribution in [2.75, 3.05) is 11.1 Å². The number of aromatic nitrogens is 1. The van der Waals surface area contributed by atoms with E-state index in [1.54, 1.807) is 42.5 Å². The summed E-state index contributed by atoms with van der Waals surface area (Å²) >= 11 is 1.68. The second-order valence-corrected chi connectivity index (χ2v) is 8.09. The number of hydrogen-bond acceptors (Lipinski definition) is 5. The van der Waals surface area contributed by atoms with Gasteiger partial charge in [0, 0.05) is 10.6 Å². The highest BCUT2D eigenvalue weighted by molar-refractivity contribution is 7.91. The van der Waals surface area contributed by atoms with Crippen LogP contribution in [-0.4, -0.2) is 19.2 Å². The van der Waals surface area contributed by atoms with Crippen LogP contribution in [0, 0.1) is 13.8 Å². The summed E-state index contributed by atoms with van der Waals surface area (Å²) in [7, 11) is -3.12. The molecule has 0 unspecified atom stereocenters. The van der Waals surface area contributed by atoms with Crippen LogP contribution in [0.4, 0.5) is 5.69 Å². The molecule has 0 bridgehead atoms. The van der Waals surface area contributed by atoms with Crippen LogP contribution >= 0.6 is 11.3 Å². The maximum Gasteiger partial charge on any atom is 0.178 e. The van der Waals surface area contributed by atoms with E-state index in [0.717, 1.165) is 16.4 Å². The zero-order valence-electron chi connectivity index (χ0n) is 11.8. The summed E-state index contributed by atoms with van der Waals surface area (Å²) in [6, 6.07) is 6.88. The Bertz CT molecular complexity index is 688. The van der Waals surface area contributed by atoms with Gasteiger partial charge in [-0.1, -0.05) is 6.92 Å². The normalized spacial score (nSPS) is 11.6. The van der Waals surface area contributed by atoms with E-state index in [4.69, 9.17) is 0 Å². The number of nitrogens with zero attached hydrogens (tertiary/aromatic N) is 1. The van der Waals surface area contributed by atoms with Crippen molar-refractivity contribution >= 4 is 26.9 Å². The molecule has 6 heteroatoms. The monoisotopic (exact) mass is 310 g/mol. The van der Waals surface area contributed by atoms with Gasteiger partial charge in [0.05, 0.1) is 27.9 Å². The average molecular weight is 310 g/mol. The second kappa shape index (κ2) is 5.93. The van der Waals surface area contributed by atoms with E-state index in [1.807, 2.05) is 13.8 Å². The Morgan fingerprint density at radius 3 is 2.35 bits per heavy atom. The molecule has 2 aromatic rings. The molecule has 0 aliphatic carbocycles. The molecule has 0 aliphatic heterocycles. The quantitative estimate of drug-likeness (QED) is 0.921. The molecule has 20 heavy (non-hydrogen) atoms. The maximum atomic E-state index is 11.7. The molecule has 0 spiro atoms. The standard InChI is InChI=1S/C14H18N2O2S2/c1-4-20(17,18)13-7-5-12(6-8-13)15-9-14-10(2)16-11(3)19-14/h5-8,15H,4,9H2,1-3H3. The van der Waals surface area contributed by atoms with Crippen LogP contribution in [0.25, 0.3) is 0 Å². The summed E-state index contributed by atoms with van der Waals surface area (Å²) in [4.78, 5) is 5.95. The Hall–Kier alpha value is -1.40.